The predicted molar refractivity (Wildman–Crippen MR) is 58.2 cm³/mol. The molecule has 2 nitrogen and oxygen atoms in total. The highest BCUT2D eigenvalue weighted by atomic mass is 19.1. The Morgan fingerprint density at radius 2 is 2.12 bits per heavy atom. The van der Waals surface area contributed by atoms with Crippen molar-refractivity contribution in [2.45, 2.75) is 12.5 Å². The van der Waals surface area contributed by atoms with Gasteiger partial charge in [-0.25, -0.2) is 4.39 Å². The molecule has 0 aliphatic heterocycles. The van der Waals surface area contributed by atoms with Crippen molar-refractivity contribution >= 4 is 5.78 Å². The Hall–Kier alpha value is -1.74. The molecule has 0 fully saturated rings. The van der Waals surface area contributed by atoms with Crippen molar-refractivity contribution in [3.8, 4) is 0 Å². The topological polar surface area (TPSA) is 37.3 Å². The van der Waals surface area contributed by atoms with Crippen LogP contribution in [0.1, 0.15) is 18.1 Å². The van der Waals surface area contributed by atoms with Crippen LogP contribution in [0.2, 0.25) is 0 Å². The molecule has 0 radical (unpaired) electrons. The van der Waals surface area contributed by atoms with Gasteiger partial charge in [0.25, 0.3) is 0 Å². The quantitative estimate of drug-likeness (QED) is 0.845. The van der Waals surface area contributed by atoms with Crippen molar-refractivity contribution in [1.29, 1.82) is 0 Å². The molecule has 3 heteroatoms. The predicted octanol–water partition coefficient (Wildman–Crippen LogP) is 2.31. The first-order chi connectivity index (χ1) is 7.70. The van der Waals surface area contributed by atoms with Gasteiger partial charge in [0.2, 0.25) is 0 Å². The molecule has 1 atom stereocenters. The van der Waals surface area contributed by atoms with E-state index in [9.17, 15) is 14.3 Å². The van der Waals surface area contributed by atoms with Crippen LogP contribution in [0, 0.1) is 5.82 Å². The van der Waals surface area contributed by atoms with Gasteiger partial charge in [0, 0.05) is 11.1 Å². The summed E-state index contributed by atoms with van der Waals surface area (Å²) in [4.78, 5) is 11.8. The van der Waals surface area contributed by atoms with Crippen LogP contribution in [0.25, 0.3) is 0 Å². The molecule has 0 saturated carbocycles. The van der Waals surface area contributed by atoms with E-state index in [1.165, 1.54) is 18.2 Å². The molecule has 1 aliphatic carbocycles. The standard InChI is InChI=1S/C13H11FO2/c14-11-8-4-3-7-10(11)13(16)12(15)9-5-1-2-6-9/h1-5,7-8,13,16H,6H2. The van der Waals surface area contributed by atoms with Gasteiger partial charge < -0.3 is 5.11 Å². The zero-order valence-electron chi connectivity index (χ0n) is 8.56. The maximum Gasteiger partial charge on any atom is 0.192 e. The number of Topliss-reactive ketones (excluding diaryl/α,β-unsaturated/α-hetero) is 1. The van der Waals surface area contributed by atoms with Crippen LogP contribution in [-0.2, 0) is 4.79 Å². The van der Waals surface area contributed by atoms with E-state index >= 15 is 0 Å². The van der Waals surface area contributed by atoms with Gasteiger partial charge >= 0.3 is 0 Å². The maximum atomic E-state index is 13.3. The summed E-state index contributed by atoms with van der Waals surface area (Å²) < 4.78 is 13.3. The molecular formula is C13H11FO2. The minimum atomic E-state index is -1.41. The fourth-order valence-electron chi connectivity index (χ4n) is 1.64. The molecule has 1 aromatic carbocycles. The molecule has 1 aliphatic rings. The number of allylic oxidation sites excluding steroid dienone is 3. The fraction of sp³-hybridized carbons (Fsp3) is 0.154. The summed E-state index contributed by atoms with van der Waals surface area (Å²) in [5.74, 6) is -0.995. The molecule has 82 valence electrons. The minimum Gasteiger partial charge on any atom is -0.380 e. The van der Waals surface area contributed by atoms with Crippen LogP contribution in [0.15, 0.2) is 48.1 Å². The van der Waals surface area contributed by atoms with Gasteiger partial charge in [-0.2, -0.15) is 0 Å². The molecule has 1 N–H and O–H groups in total. The van der Waals surface area contributed by atoms with Crippen molar-refractivity contribution in [2.24, 2.45) is 0 Å². The molecule has 16 heavy (non-hydrogen) atoms. The number of benzene rings is 1. The number of ketones is 1. The highest BCUT2D eigenvalue weighted by molar-refractivity contribution is 6.00. The summed E-state index contributed by atoms with van der Waals surface area (Å²) in [5, 5.41) is 9.77. The van der Waals surface area contributed by atoms with Crippen molar-refractivity contribution < 1.29 is 14.3 Å². The molecule has 0 heterocycles. The first-order valence-electron chi connectivity index (χ1n) is 5.02. The average Bonchev–Trinajstić information content (AvgIpc) is 2.81. The van der Waals surface area contributed by atoms with Crippen LogP contribution < -0.4 is 0 Å². The van der Waals surface area contributed by atoms with Gasteiger partial charge in [0.1, 0.15) is 11.9 Å². The smallest absolute Gasteiger partial charge is 0.192 e. The van der Waals surface area contributed by atoms with E-state index in [0.29, 0.717) is 12.0 Å². The summed E-state index contributed by atoms with van der Waals surface area (Å²) in [5.41, 5.74) is 0.538. The molecule has 1 unspecified atom stereocenters. The van der Waals surface area contributed by atoms with Gasteiger partial charge in [-0.05, 0) is 12.5 Å². The Morgan fingerprint density at radius 1 is 1.38 bits per heavy atom. The Labute approximate surface area is 92.7 Å². The summed E-state index contributed by atoms with van der Waals surface area (Å²) in [6.45, 7) is 0. The van der Waals surface area contributed by atoms with Crippen LogP contribution in [0.5, 0.6) is 0 Å². The largest absolute Gasteiger partial charge is 0.380 e. The number of hydrogen-bond donors (Lipinski definition) is 1. The molecule has 0 bridgehead atoms. The van der Waals surface area contributed by atoms with Crippen molar-refractivity contribution in [3.05, 3.63) is 59.4 Å². The molecule has 0 amide bonds. The molecular weight excluding hydrogens is 207 g/mol. The van der Waals surface area contributed by atoms with Crippen LogP contribution in [0.3, 0.4) is 0 Å². The lowest BCUT2D eigenvalue weighted by molar-refractivity contribution is -0.123. The van der Waals surface area contributed by atoms with E-state index in [2.05, 4.69) is 0 Å². The Balaban J connectivity index is 2.22. The van der Waals surface area contributed by atoms with E-state index in [1.807, 2.05) is 6.08 Å². The lowest BCUT2D eigenvalue weighted by Gasteiger charge is -2.11. The summed E-state index contributed by atoms with van der Waals surface area (Å²) in [6, 6.07) is 5.76. The zero-order valence-corrected chi connectivity index (χ0v) is 8.56. The average molecular weight is 218 g/mol. The van der Waals surface area contributed by atoms with Crippen LogP contribution in [0.4, 0.5) is 4.39 Å². The van der Waals surface area contributed by atoms with E-state index in [4.69, 9.17) is 0 Å². The van der Waals surface area contributed by atoms with Gasteiger partial charge in [0.05, 0.1) is 0 Å². The summed E-state index contributed by atoms with van der Waals surface area (Å²) in [6.07, 6.45) is 4.31. The van der Waals surface area contributed by atoms with Gasteiger partial charge in [-0.15, -0.1) is 0 Å². The molecule has 1 aromatic rings. The summed E-state index contributed by atoms with van der Waals surface area (Å²) >= 11 is 0. The zero-order chi connectivity index (χ0) is 11.5. The maximum absolute atomic E-state index is 13.3. The highest BCUT2D eigenvalue weighted by Crippen LogP contribution is 2.23. The van der Waals surface area contributed by atoms with E-state index in [-0.39, 0.29) is 5.56 Å². The van der Waals surface area contributed by atoms with Gasteiger partial charge in [-0.1, -0.05) is 36.4 Å². The first kappa shape index (κ1) is 10.8. The van der Waals surface area contributed by atoms with E-state index in [0.717, 1.165) is 0 Å². The van der Waals surface area contributed by atoms with Crippen molar-refractivity contribution in [2.75, 3.05) is 0 Å². The second-order valence-electron chi connectivity index (χ2n) is 3.61. The Bertz CT molecular complexity index is 475. The van der Waals surface area contributed by atoms with E-state index < -0.39 is 17.7 Å². The third-order valence-corrected chi connectivity index (χ3v) is 2.54. The second-order valence-corrected chi connectivity index (χ2v) is 3.61. The van der Waals surface area contributed by atoms with E-state index in [1.54, 1.807) is 18.2 Å². The lowest BCUT2D eigenvalue weighted by Crippen LogP contribution is -2.14. The summed E-state index contributed by atoms with van der Waals surface area (Å²) in [7, 11) is 0. The molecule has 0 spiro atoms. The normalized spacial score (nSPS) is 16.0. The number of rotatable bonds is 3. The van der Waals surface area contributed by atoms with Gasteiger partial charge in [-0.3, -0.25) is 4.79 Å². The monoisotopic (exact) mass is 218 g/mol. The number of aliphatic hydroxyl groups excluding tert-OH is 1. The molecule has 2 rings (SSSR count). The Kier molecular flexibility index (Phi) is 2.97. The third-order valence-electron chi connectivity index (χ3n) is 2.54. The number of aliphatic hydroxyl groups is 1. The number of hydrogen-bond acceptors (Lipinski definition) is 2. The van der Waals surface area contributed by atoms with Gasteiger partial charge in [0.15, 0.2) is 5.78 Å². The Morgan fingerprint density at radius 3 is 2.75 bits per heavy atom. The van der Waals surface area contributed by atoms with Crippen LogP contribution in [-0.4, -0.2) is 10.9 Å². The second kappa shape index (κ2) is 4.41. The van der Waals surface area contributed by atoms with Crippen LogP contribution >= 0.6 is 0 Å². The lowest BCUT2D eigenvalue weighted by atomic mass is 9.99. The minimum absolute atomic E-state index is 0.0281. The number of carbonyl (C=O) groups excluding carboxylic acids is 1. The third kappa shape index (κ3) is 1.95. The van der Waals surface area contributed by atoms with Crippen molar-refractivity contribution in [3.63, 3.8) is 0 Å². The van der Waals surface area contributed by atoms with Crippen molar-refractivity contribution in [1.82, 2.24) is 0 Å². The molecule has 0 aromatic heterocycles. The fourth-order valence-corrected chi connectivity index (χ4v) is 1.64. The molecule has 0 saturated heterocycles. The number of carbonyl (C=O) groups is 1. The SMILES string of the molecule is O=C(C1=CC=CC1)C(O)c1ccccc1F. The highest BCUT2D eigenvalue weighted by Gasteiger charge is 2.23. The first-order valence-corrected chi connectivity index (χ1v) is 5.02. The number of halogens is 1.